The second kappa shape index (κ2) is 6.07. The van der Waals surface area contributed by atoms with Crippen LogP contribution in [0.5, 0.6) is 5.75 Å². The Hall–Kier alpha value is -2.53. The maximum atomic E-state index is 12.1. The molecule has 1 heterocycles. The summed E-state index contributed by atoms with van der Waals surface area (Å²) in [7, 11) is 0. The number of ether oxygens (including phenoxy) is 1. The van der Waals surface area contributed by atoms with E-state index in [9.17, 15) is 9.59 Å². The molecule has 1 aliphatic rings. The molecule has 0 saturated carbocycles. The van der Waals surface area contributed by atoms with E-state index >= 15 is 0 Å². The zero-order valence-corrected chi connectivity index (χ0v) is 12.3. The van der Waals surface area contributed by atoms with Crippen molar-refractivity contribution in [1.29, 1.82) is 0 Å². The molecule has 0 aliphatic carbocycles. The van der Waals surface area contributed by atoms with Gasteiger partial charge in [0.2, 0.25) is 5.91 Å². The average Bonchev–Trinajstić information content (AvgIpc) is 2.49. The predicted octanol–water partition coefficient (Wildman–Crippen LogP) is 2.85. The van der Waals surface area contributed by atoms with E-state index in [4.69, 9.17) is 16.3 Å². The summed E-state index contributed by atoms with van der Waals surface area (Å²) in [5.74, 6) is 0.187. The minimum atomic E-state index is -0.216. The number of fused-ring (bicyclic) bond motifs is 1. The molecule has 2 aromatic rings. The molecule has 6 heteroatoms. The van der Waals surface area contributed by atoms with Crippen molar-refractivity contribution >= 4 is 34.8 Å². The third-order valence-electron chi connectivity index (χ3n) is 3.21. The van der Waals surface area contributed by atoms with Crippen molar-refractivity contribution in [3.63, 3.8) is 0 Å². The number of rotatable bonds is 3. The first kappa shape index (κ1) is 14.4. The highest BCUT2D eigenvalue weighted by Crippen LogP contribution is 2.30. The molecule has 3 rings (SSSR count). The minimum absolute atomic E-state index is 0.00517. The van der Waals surface area contributed by atoms with Crippen LogP contribution in [0.4, 0.5) is 11.4 Å². The van der Waals surface area contributed by atoms with Crippen molar-refractivity contribution in [3.05, 3.63) is 53.1 Å². The lowest BCUT2D eigenvalue weighted by Crippen LogP contribution is -2.25. The van der Waals surface area contributed by atoms with E-state index in [0.717, 1.165) is 5.56 Å². The van der Waals surface area contributed by atoms with Gasteiger partial charge in [-0.25, -0.2) is 0 Å². The largest absolute Gasteiger partial charge is 0.482 e. The number of nitrogens with one attached hydrogen (secondary N) is 2. The first-order valence-corrected chi connectivity index (χ1v) is 7.09. The van der Waals surface area contributed by atoms with Gasteiger partial charge in [-0.05, 0) is 29.8 Å². The minimum Gasteiger partial charge on any atom is -0.482 e. The smallest absolute Gasteiger partial charge is 0.262 e. The standard InChI is InChI=1S/C16H13ClN2O3/c17-12-4-2-1-3-10(12)7-15(20)18-11-5-6-14-13(8-11)19-16(21)9-22-14/h1-6,8H,7,9H2,(H,18,20)(H,19,21). The molecule has 0 radical (unpaired) electrons. The number of carbonyl (C=O) groups is 2. The molecule has 112 valence electrons. The van der Waals surface area contributed by atoms with Crippen LogP contribution in [0.15, 0.2) is 42.5 Å². The van der Waals surface area contributed by atoms with Crippen LogP contribution >= 0.6 is 11.6 Å². The molecule has 0 spiro atoms. The third-order valence-corrected chi connectivity index (χ3v) is 3.57. The summed E-state index contributed by atoms with van der Waals surface area (Å²) < 4.78 is 5.26. The predicted molar refractivity (Wildman–Crippen MR) is 84.4 cm³/mol. The lowest BCUT2D eigenvalue weighted by molar-refractivity contribution is -0.118. The van der Waals surface area contributed by atoms with Crippen molar-refractivity contribution in [2.24, 2.45) is 0 Å². The topological polar surface area (TPSA) is 67.4 Å². The van der Waals surface area contributed by atoms with Crippen LogP contribution in [0.1, 0.15) is 5.56 Å². The Morgan fingerprint density at radius 3 is 2.91 bits per heavy atom. The summed E-state index contributed by atoms with van der Waals surface area (Å²) in [6.45, 7) is 0.00517. The van der Waals surface area contributed by atoms with Crippen LogP contribution in [-0.4, -0.2) is 18.4 Å². The average molecular weight is 317 g/mol. The summed E-state index contributed by atoms with van der Waals surface area (Å²) in [5.41, 5.74) is 1.89. The molecular formula is C16H13ClN2O3. The van der Waals surface area contributed by atoms with Gasteiger partial charge in [0, 0.05) is 10.7 Å². The van der Waals surface area contributed by atoms with Crippen molar-refractivity contribution in [2.75, 3.05) is 17.2 Å². The molecule has 0 saturated heterocycles. The van der Waals surface area contributed by atoms with Gasteiger partial charge >= 0.3 is 0 Å². The monoisotopic (exact) mass is 316 g/mol. The van der Waals surface area contributed by atoms with Crippen LogP contribution in [0, 0.1) is 0 Å². The molecule has 2 amide bonds. The number of hydrogen-bond acceptors (Lipinski definition) is 3. The lowest BCUT2D eigenvalue weighted by Gasteiger charge is -2.18. The molecule has 0 aromatic heterocycles. The summed E-state index contributed by atoms with van der Waals surface area (Å²) in [6.07, 6.45) is 0.180. The zero-order valence-electron chi connectivity index (χ0n) is 11.6. The van der Waals surface area contributed by atoms with Crippen LogP contribution in [0.2, 0.25) is 5.02 Å². The summed E-state index contributed by atoms with van der Waals surface area (Å²) in [5, 5.41) is 6.03. The maximum Gasteiger partial charge on any atom is 0.262 e. The van der Waals surface area contributed by atoms with Gasteiger partial charge in [0.05, 0.1) is 12.1 Å². The van der Waals surface area contributed by atoms with Crippen LogP contribution < -0.4 is 15.4 Å². The van der Waals surface area contributed by atoms with E-state index < -0.39 is 0 Å². The third kappa shape index (κ3) is 3.20. The van der Waals surface area contributed by atoms with E-state index in [0.29, 0.717) is 22.1 Å². The Kier molecular flexibility index (Phi) is 3.98. The van der Waals surface area contributed by atoms with Gasteiger partial charge in [-0.3, -0.25) is 9.59 Å². The van der Waals surface area contributed by atoms with Gasteiger partial charge < -0.3 is 15.4 Å². The molecule has 2 aromatic carbocycles. The molecule has 2 N–H and O–H groups in total. The number of halogens is 1. The van der Waals surface area contributed by atoms with Gasteiger partial charge in [0.25, 0.3) is 5.91 Å². The highest BCUT2D eigenvalue weighted by Gasteiger charge is 2.16. The SMILES string of the molecule is O=C(Cc1ccccc1Cl)Nc1ccc2c(c1)NC(=O)CO2. The normalized spacial score (nSPS) is 12.9. The Morgan fingerprint density at radius 2 is 2.09 bits per heavy atom. The molecule has 0 unspecified atom stereocenters. The van der Waals surface area contributed by atoms with E-state index in [-0.39, 0.29) is 24.8 Å². The second-order valence-electron chi connectivity index (χ2n) is 4.86. The van der Waals surface area contributed by atoms with Gasteiger partial charge in [-0.15, -0.1) is 0 Å². The Morgan fingerprint density at radius 1 is 1.27 bits per heavy atom. The van der Waals surface area contributed by atoms with E-state index in [1.807, 2.05) is 18.2 Å². The maximum absolute atomic E-state index is 12.1. The number of carbonyl (C=O) groups excluding carboxylic acids is 2. The highest BCUT2D eigenvalue weighted by molar-refractivity contribution is 6.31. The zero-order chi connectivity index (χ0) is 15.5. The second-order valence-corrected chi connectivity index (χ2v) is 5.27. The fourth-order valence-electron chi connectivity index (χ4n) is 2.18. The molecule has 1 aliphatic heterocycles. The molecule has 5 nitrogen and oxygen atoms in total. The number of amides is 2. The summed E-state index contributed by atoms with van der Waals surface area (Å²) in [4.78, 5) is 23.4. The van der Waals surface area contributed by atoms with Crippen LogP contribution in [-0.2, 0) is 16.0 Å². The molecule has 0 bridgehead atoms. The molecule has 0 fully saturated rings. The van der Waals surface area contributed by atoms with Crippen molar-refractivity contribution in [2.45, 2.75) is 6.42 Å². The van der Waals surface area contributed by atoms with Gasteiger partial charge in [-0.1, -0.05) is 29.8 Å². The van der Waals surface area contributed by atoms with Crippen LogP contribution in [0.25, 0.3) is 0 Å². The summed E-state index contributed by atoms with van der Waals surface area (Å²) >= 11 is 6.04. The summed E-state index contributed by atoms with van der Waals surface area (Å²) in [6, 6.07) is 12.3. The fraction of sp³-hybridized carbons (Fsp3) is 0.125. The van der Waals surface area contributed by atoms with E-state index in [1.165, 1.54) is 0 Å². The molecule has 22 heavy (non-hydrogen) atoms. The van der Waals surface area contributed by atoms with Crippen LogP contribution in [0.3, 0.4) is 0 Å². The first-order chi connectivity index (χ1) is 10.6. The number of benzene rings is 2. The first-order valence-electron chi connectivity index (χ1n) is 6.72. The lowest BCUT2D eigenvalue weighted by atomic mass is 10.1. The van der Waals surface area contributed by atoms with Crippen molar-refractivity contribution in [3.8, 4) is 5.75 Å². The number of anilines is 2. The molecule has 0 atom stereocenters. The van der Waals surface area contributed by atoms with Gasteiger partial charge in [-0.2, -0.15) is 0 Å². The van der Waals surface area contributed by atoms with Gasteiger partial charge in [0.1, 0.15) is 5.75 Å². The van der Waals surface area contributed by atoms with Crippen molar-refractivity contribution in [1.82, 2.24) is 0 Å². The Balaban J connectivity index is 1.71. The fourth-order valence-corrected chi connectivity index (χ4v) is 2.38. The Labute approximate surface area is 132 Å². The highest BCUT2D eigenvalue weighted by atomic mass is 35.5. The quantitative estimate of drug-likeness (QED) is 0.915. The number of hydrogen-bond donors (Lipinski definition) is 2. The van der Waals surface area contributed by atoms with E-state index in [1.54, 1.807) is 24.3 Å². The molecular weight excluding hydrogens is 304 g/mol. The van der Waals surface area contributed by atoms with E-state index in [2.05, 4.69) is 10.6 Å². The Bertz CT molecular complexity index is 746. The van der Waals surface area contributed by atoms with Gasteiger partial charge in [0.15, 0.2) is 6.61 Å². The van der Waals surface area contributed by atoms with Crippen molar-refractivity contribution < 1.29 is 14.3 Å².